The van der Waals surface area contributed by atoms with Crippen molar-refractivity contribution in [1.29, 1.82) is 0 Å². The Kier molecular flexibility index (Phi) is 6.75. The van der Waals surface area contributed by atoms with Gasteiger partial charge in [0.1, 0.15) is 0 Å². The summed E-state index contributed by atoms with van der Waals surface area (Å²) in [5, 5.41) is 4.58. The first kappa shape index (κ1) is 18.4. The van der Waals surface area contributed by atoms with Crippen LogP contribution in [0.15, 0.2) is 47.4 Å². The molecule has 0 aliphatic carbocycles. The van der Waals surface area contributed by atoms with Gasteiger partial charge in [-0.1, -0.05) is 30.3 Å². The van der Waals surface area contributed by atoms with E-state index in [9.17, 15) is 13.2 Å². The molecular formula is C18H23NO4S. The third kappa shape index (κ3) is 5.32. The van der Waals surface area contributed by atoms with E-state index in [0.29, 0.717) is 19.8 Å². The van der Waals surface area contributed by atoms with E-state index in [4.69, 9.17) is 4.74 Å². The minimum Gasteiger partial charge on any atom is -0.382 e. The van der Waals surface area contributed by atoms with Crippen molar-refractivity contribution in [2.24, 2.45) is 0 Å². The molecule has 0 saturated heterocycles. The lowest BCUT2D eigenvalue weighted by Gasteiger charge is -2.07. The van der Waals surface area contributed by atoms with Crippen molar-refractivity contribution in [1.82, 2.24) is 5.32 Å². The summed E-state index contributed by atoms with van der Waals surface area (Å²) in [5.74, 6) is -0.446. The molecule has 2 aromatic rings. The molecule has 0 fully saturated rings. The number of carbonyl (C=O) groups is 1. The Hall–Kier alpha value is -1.92. The van der Waals surface area contributed by atoms with Crippen molar-refractivity contribution in [3.8, 4) is 0 Å². The predicted molar refractivity (Wildman–Crippen MR) is 94.7 cm³/mol. The number of fused-ring (bicyclic) bond motifs is 1. The quantitative estimate of drug-likeness (QED) is 0.706. The number of amides is 1. The molecule has 0 bridgehead atoms. The van der Waals surface area contributed by atoms with Gasteiger partial charge in [0.05, 0.1) is 10.6 Å². The molecule has 130 valence electrons. The number of ether oxygens (including phenoxy) is 1. The second-order valence-electron chi connectivity index (χ2n) is 5.48. The van der Waals surface area contributed by atoms with Crippen LogP contribution in [-0.4, -0.2) is 39.8 Å². The van der Waals surface area contributed by atoms with Gasteiger partial charge in [-0.25, -0.2) is 8.42 Å². The number of benzene rings is 2. The van der Waals surface area contributed by atoms with Gasteiger partial charge < -0.3 is 10.1 Å². The van der Waals surface area contributed by atoms with E-state index in [0.717, 1.165) is 17.2 Å². The summed E-state index contributed by atoms with van der Waals surface area (Å²) in [7, 11) is -3.47. The van der Waals surface area contributed by atoms with Gasteiger partial charge in [-0.2, -0.15) is 0 Å². The molecular weight excluding hydrogens is 326 g/mol. The van der Waals surface area contributed by atoms with Crippen molar-refractivity contribution in [2.75, 3.05) is 25.5 Å². The highest BCUT2D eigenvalue weighted by Gasteiger charge is 2.16. The maximum absolute atomic E-state index is 12.4. The molecule has 0 heterocycles. The van der Waals surface area contributed by atoms with Crippen LogP contribution in [0.4, 0.5) is 0 Å². The molecule has 0 aliphatic heterocycles. The lowest BCUT2D eigenvalue weighted by atomic mass is 10.1. The largest absolute Gasteiger partial charge is 0.382 e. The van der Waals surface area contributed by atoms with Gasteiger partial charge in [0, 0.05) is 26.2 Å². The molecule has 0 atom stereocenters. The summed E-state index contributed by atoms with van der Waals surface area (Å²) in [6, 6.07) is 12.6. The highest BCUT2D eigenvalue weighted by Crippen LogP contribution is 2.20. The van der Waals surface area contributed by atoms with Crippen LogP contribution < -0.4 is 5.32 Å². The minimum absolute atomic E-state index is 0.0379. The Morgan fingerprint density at radius 1 is 1.12 bits per heavy atom. The Labute approximate surface area is 142 Å². The first-order valence-corrected chi connectivity index (χ1v) is 9.74. The second kappa shape index (κ2) is 8.80. The summed E-state index contributed by atoms with van der Waals surface area (Å²) >= 11 is 0. The maximum Gasteiger partial charge on any atom is 0.221 e. The topological polar surface area (TPSA) is 72.5 Å². The van der Waals surface area contributed by atoms with Crippen molar-refractivity contribution in [3.05, 3.63) is 42.5 Å². The summed E-state index contributed by atoms with van der Waals surface area (Å²) in [5.41, 5.74) is 0. The van der Waals surface area contributed by atoms with Gasteiger partial charge in [-0.3, -0.25) is 4.79 Å². The third-order valence-electron chi connectivity index (χ3n) is 3.67. The van der Waals surface area contributed by atoms with E-state index in [1.807, 2.05) is 31.2 Å². The van der Waals surface area contributed by atoms with Crippen LogP contribution in [0, 0.1) is 0 Å². The van der Waals surface area contributed by atoms with Crippen LogP contribution in [0.25, 0.3) is 10.8 Å². The number of hydrogen-bond donors (Lipinski definition) is 1. The number of carbonyl (C=O) groups excluding carboxylic acids is 1. The first-order valence-electron chi connectivity index (χ1n) is 8.09. The molecule has 0 saturated carbocycles. The average Bonchev–Trinajstić information content (AvgIpc) is 2.59. The molecule has 0 radical (unpaired) electrons. The normalized spacial score (nSPS) is 11.5. The highest BCUT2D eigenvalue weighted by molar-refractivity contribution is 7.91. The highest BCUT2D eigenvalue weighted by atomic mass is 32.2. The smallest absolute Gasteiger partial charge is 0.221 e. The van der Waals surface area contributed by atoms with Gasteiger partial charge in [0.15, 0.2) is 9.84 Å². The summed E-state index contributed by atoms with van der Waals surface area (Å²) < 4.78 is 30.0. The lowest BCUT2D eigenvalue weighted by molar-refractivity contribution is -0.120. The summed E-state index contributed by atoms with van der Waals surface area (Å²) in [6.07, 6.45) is 0.681. The zero-order valence-corrected chi connectivity index (χ0v) is 14.6. The summed E-state index contributed by atoms with van der Waals surface area (Å²) in [4.78, 5) is 12.0. The molecule has 0 spiro atoms. The second-order valence-corrected chi connectivity index (χ2v) is 7.59. The van der Waals surface area contributed by atoms with Crippen LogP contribution in [0.2, 0.25) is 0 Å². The van der Waals surface area contributed by atoms with Gasteiger partial charge in [-0.05, 0) is 36.2 Å². The Morgan fingerprint density at radius 2 is 1.88 bits per heavy atom. The fourth-order valence-corrected chi connectivity index (χ4v) is 3.61. The first-order chi connectivity index (χ1) is 11.5. The van der Waals surface area contributed by atoms with Gasteiger partial charge in [0.25, 0.3) is 0 Å². The van der Waals surface area contributed by atoms with Crippen molar-refractivity contribution < 1.29 is 17.9 Å². The molecule has 0 aromatic heterocycles. The fourth-order valence-electron chi connectivity index (χ4n) is 2.34. The molecule has 2 aromatic carbocycles. The standard InChI is InChI=1S/C18H23NO4S/c1-2-23-12-5-11-19-18(20)10-13-24(21,22)17-9-8-15-6-3-4-7-16(15)14-17/h3-4,6-9,14H,2,5,10-13H2,1H3,(H,19,20). The van der Waals surface area contributed by atoms with Gasteiger partial charge >= 0.3 is 0 Å². The van der Waals surface area contributed by atoms with Crippen molar-refractivity contribution in [3.63, 3.8) is 0 Å². The molecule has 24 heavy (non-hydrogen) atoms. The van der Waals surface area contributed by atoms with E-state index < -0.39 is 9.84 Å². The minimum atomic E-state index is -3.47. The van der Waals surface area contributed by atoms with Crippen LogP contribution in [-0.2, 0) is 19.4 Å². The monoisotopic (exact) mass is 349 g/mol. The molecule has 2 rings (SSSR count). The number of sulfone groups is 1. The predicted octanol–water partition coefficient (Wildman–Crippen LogP) is 2.55. The average molecular weight is 349 g/mol. The van der Waals surface area contributed by atoms with E-state index >= 15 is 0 Å². The molecule has 5 nitrogen and oxygen atoms in total. The fraction of sp³-hybridized carbons (Fsp3) is 0.389. The Bertz CT molecular complexity index is 786. The zero-order valence-electron chi connectivity index (χ0n) is 13.8. The Balaban J connectivity index is 1.89. The van der Waals surface area contributed by atoms with Crippen LogP contribution in [0.1, 0.15) is 19.8 Å². The molecule has 0 unspecified atom stereocenters. The molecule has 6 heteroatoms. The van der Waals surface area contributed by atoms with Crippen LogP contribution in [0.3, 0.4) is 0 Å². The van der Waals surface area contributed by atoms with Crippen LogP contribution >= 0.6 is 0 Å². The van der Waals surface area contributed by atoms with Gasteiger partial charge in [0.2, 0.25) is 5.91 Å². The number of hydrogen-bond acceptors (Lipinski definition) is 4. The Morgan fingerprint density at radius 3 is 2.62 bits per heavy atom. The molecule has 1 amide bonds. The maximum atomic E-state index is 12.4. The van der Waals surface area contributed by atoms with Crippen molar-refractivity contribution in [2.45, 2.75) is 24.7 Å². The van der Waals surface area contributed by atoms with E-state index in [2.05, 4.69) is 5.32 Å². The summed E-state index contributed by atoms with van der Waals surface area (Å²) in [6.45, 7) is 3.65. The molecule has 0 aliphatic rings. The van der Waals surface area contributed by atoms with E-state index in [1.165, 1.54) is 0 Å². The molecule has 1 N–H and O–H groups in total. The number of nitrogens with one attached hydrogen (secondary N) is 1. The SMILES string of the molecule is CCOCCCNC(=O)CCS(=O)(=O)c1ccc2ccccc2c1. The third-order valence-corrected chi connectivity index (χ3v) is 5.38. The van der Waals surface area contributed by atoms with Crippen molar-refractivity contribution >= 4 is 26.5 Å². The van der Waals surface area contributed by atoms with E-state index in [-0.39, 0.29) is 23.0 Å². The lowest BCUT2D eigenvalue weighted by Crippen LogP contribution is -2.27. The van der Waals surface area contributed by atoms with Gasteiger partial charge in [-0.15, -0.1) is 0 Å². The zero-order chi connectivity index (χ0) is 17.4. The van der Waals surface area contributed by atoms with Crippen LogP contribution in [0.5, 0.6) is 0 Å². The number of rotatable bonds is 9. The van der Waals surface area contributed by atoms with E-state index in [1.54, 1.807) is 18.2 Å².